The van der Waals surface area contributed by atoms with Gasteiger partial charge in [0.15, 0.2) is 5.78 Å². The Kier molecular flexibility index (Phi) is 3.79. The average molecular weight is 221 g/mol. The summed E-state index contributed by atoms with van der Waals surface area (Å²) in [5.41, 5.74) is 4.34. The van der Waals surface area contributed by atoms with Gasteiger partial charge >= 0.3 is 5.97 Å². The molecular formula is C12H15NO3. The fourth-order valence-electron chi connectivity index (χ4n) is 1.60. The largest absolute Gasteiger partial charge is 0.480 e. The number of benzene rings is 1. The molecule has 0 bridgehead atoms. The molecule has 0 heterocycles. The summed E-state index contributed by atoms with van der Waals surface area (Å²) < 4.78 is 0. The van der Waals surface area contributed by atoms with Crippen LogP contribution < -0.4 is 5.73 Å². The first-order valence-corrected chi connectivity index (χ1v) is 5.12. The molecule has 0 radical (unpaired) electrons. The Morgan fingerprint density at radius 3 is 2.25 bits per heavy atom. The van der Waals surface area contributed by atoms with E-state index in [9.17, 15) is 9.59 Å². The van der Waals surface area contributed by atoms with E-state index in [0.29, 0.717) is 5.56 Å². The second kappa shape index (κ2) is 4.90. The van der Waals surface area contributed by atoms with E-state index in [0.717, 1.165) is 0 Å². The normalized spacial score (nSPS) is 14.1. The zero-order chi connectivity index (χ0) is 12.2. The number of hydrogen-bond acceptors (Lipinski definition) is 3. The Balaban J connectivity index is 3.15. The summed E-state index contributed by atoms with van der Waals surface area (Å²) in [5, 5.41) is 9.15. The summed E-state index contributed by atoms with van der Waals surface area (Å²) >= 11 is 0. The number of aliphatic carboxylic acids is 1. The zero-order valence-corrected chi connectivity index (χ0v) is 9.14. The van der Waals surface area contributed by atoms with Crippen LogP contribution in [0.1, 0.15) is 23.7 Å². The van der Waals surface area contributed by atoms with Crippen molar-refractivity contribution in [2.45, 2.75) is 13.3 Å². The monoisotopic (exact) mass is 221 g/mol. The van der Waals surface area contributed by atoms with Gasteiger partial charge in [0.2, 0.25) is 0 Å². The highest BCUT2D eigenvalue weighted by Gasteiger charge is 2.43. The van der Waals surface area contributed by atoms with Gasteiger partial charge in [-0.2, -0.15) is 0 Å². The third kappa shape index (κ3) is 1.97. The molecule has 1 aromatic rings. The van der Waals surface area contributed by atoms with Crippen molar-refractivity contribution in [3.63, 3.8) is 0 Å². The van der Waals surface area contributed by atoms with Gasteiger partial charge in [-0.15, -0.1) is 0 Å². The van der Waals surface area contributed by atoms with Crippen LogP contribution in [-0.4, -0.2) is 23.4 Å². The Morgan fingerprint density at radius 2 is 1.88 bits per heavy atom. The van der Waals surface area contributed by atoms with Gasteiger partial charge in [-0.1, -0.05) is 37.3 Å². The van der Waals surface area contributed by atoms with Crippen LogP contribution in [0.4, 0.5) is 0 Å². The predicted molar refractivity (Wildman–Crippen MR) is 60.2 cm³/mol. The highest BCUT2D eigenvalue weighted by molar-refractivity contribution is 6.12. The molecule has 4 heteroatoms. The van der Waals surface area contributed by atoms with Crippen LogP contribution in [0.5, 0.6) is 0 Å². The summed E-state index contributed by atoms with van der Waals surface area (Å²) in [4.78, 5) is 23.3. The van der Waals surface area contributed by atoms with Gasteiger partial charge in [-0.25, -0.2) is 0 Å². The van der Waals surface area contributed by atoms with E-state index in [1.807, 2.05) is 0 Å². The van der Waals surface area contributed by atoms with Crippen molar-refractivity contribution in [2.75, 3.05) is 6.54 Å². The molecule has 1 rings (SSSR count). The number of carbonyl (C=O) groups is 2. The van der Waals surface area contributed by atoms with Crippen LogP contribution >= 0.6 is 0 Å². The summed E-state index contributed by atoms with van der Waals surface area (Å²) in [6, 6.07) is 8.38. The third-order valence-electron chi connectivity index (χ3n) is 2.83. The first-order valence-electron chi connectivity index (χ1n) is 5.12. The smallest absolute Gasteiger partial charge is 0.318 e. The van der Waals surface area contributed by atoms with Crippen LogP contribution in [0.25, 0.3) is 0 Å². The van der Waals surface area contributed by atoms with Gasteiger partial charge in [0.1, 0.15) is 5.41 Å². The highest BCUT2D eigenvalue weighted by Crippen LogP contribution is 2.26. The average Bonchev–Trinajstić information content (AvgIpc) is 2.32. The fraction of sp³-hybridized carbons (Fsp3) is 0.333. The molecule has 16 heavy (non-hydrogen) atoms. The maximum absolute atomic E-state index is 12.1. The molecule has 0 aliphatic carbocycles. The molecule has 0 aromatic heterocycles. The minimum atomic E-state index is -1.50. The zero-order valence-electron chi connectivity index (χ0n) is 9.14. The second-order valence-electron chi connectivity index (χ2n) is 3.64. The molecule has 86 valence electrons. The number of nitrogens with two attached hydrogens (primary N) is 1. The molecule has 4 nitrogen and oxygen atoms in total. The van der Waals surface area contributed by atoms with Crippen molar-refractivity contribution < 1.29 is 14.7 Å². The minimum absolute atomic E-state index is 0.187. The number of Topliss-reactive ketones (excluding diaryl/α,β-unsaturated/α-hetero) is 1. The van der Waals surface area contributed by atoms with E-state index >= 15 is 0 Å². The summed E-state index contributed by atoms with van der Waals surface area (Å²) in [5.74, 6) is -1.59. The maximum atomic E-state index is 12.1. The van der Waals surface area contributed by atoms with E-state index in [2.05, 4.69) is 0 Å². The molecule has 1 atom stereocenters. The molecule has 0 saturated carbocycles. The molecule has 0 saturated heterocycles. The lowest BCUT2D eigenvalue weighted by Crippen LogP contribution is -2.45. The Morgan fingerprint density at radius 1 is 1.31 bits per heavy atom. The summed E-state index contributed by atoms with van der Waals surface area (Å²) in [7, 11) is 0. The van der Waals surface area contributed by atoms with Crippen LogP contribution in [0.3, 0.4) is 0 Å². The lowest BCUT2D eigenvalue weighted by molar-refractivity contribution is -0.145. The molecule has 3 N–H and O–H groups in total. The number of carboxylic acid groups (broad SMARTS) is 1. The molecule has 0 amide bonds. The lowest BCUT2D eigenvalue weighted by Gasteiger charge is -2.24. The van der Waals surface area contributed by atoms with E-state index < -0.39 is 17.2 Å². The first-order chi connectivity index (χ1) is 7.58. The first kappa shape index (κ1) is 12.4. The summed E-state index contributed by atoms with van der Waals surface area (Å²) in [6.07, 6.45) is 0.187. The standard InChI is InChI=1S/C12H15NO3/c1-2-12(8-13,11(15)16)10(14)9-6-4-3-5-7-9/h3-7H,2,8,13H2,1H3,(H,15,16). The third-order valence-corrected chi connectivity index (χ3v) is 2.83. The molecule has 0 aliphatic heterocycles. The summed E-state index contributed by atoms with van der Waals surface area (Å²) in [6.45, 7) is 1.47. The van der Waals surface area contributed by atoms with Crippen LogP contribution in [0, 0.1) is 5.41 Å². The fourth-order valence-corrected chi connectivity index (χ4v) is 1.60. The topological polar surface area (TPSA) is 80.4 Å². The van der Waals surface area contributed by atoms with Crippen LogP contribution in [-0.2, 0) is 4.79 Å². The molecule has 0 aliphatic rings. The molecule has 0 fully saturated rings. The van der Waals surface area contributed by atoms with E-state index in [1.54, 1.807) is 37.3 Å². The number of hydrogen-bond donors (Lipinski definition) is 2. The quantitative estimate of drug-likeness (QED) is 0.580. The van der Waals surface area contributed by atoms with E-state index in [1.165, 1.54) is 0 Å². The van der Waals surface area contributed by atoms with Gasteiger partial charge in [-0.3, -0.25) is 9.59 Å². The van der Waals surface area contributed by atoms with Crippen molar-refractivity contribution in [3.05, 3.63) is 35.9 Å². The van der Waals surface area contributed by atoms with Crippen LogP contribution in [0.15, 0.2) is 30.3 Å². The van der Waals surface area contributed by atoms with Crippen molar-refractivity contribution >= 4 is 11.8 Å². The Labute approximate surface area is 94.1 Å². The van der Waals surface area contributed by atoms with Crippen molar-refractivity contribution in [1.82, 2.24) is 0 Å². The maximum Gasteiger partial charge on any atom is 0.318 e. The van der Waals surface area contributed by atoms with Gasteiger partial charge < -0.3 is 10.8 Å². The molecule has 1 aromatic carbocycles. The van der Waals surface area contributed by atoms with Gasteiger partial charge in [-0.05, 0) is 6.42 Å². The van der Waals surface area contributed by atoms with Gasteiger partial charge in [0, 0.05) is 12.1 Å². The van der Waals surface area contributed by atoms with Gasteiger partial charge in [0.05, 0.1) is 0 Å². The minimum Gasteiger partial charge on any atom is -0.480 e. The Bertz CT molecular complexity index is 383. The molecular weight excluding hydrogens is 206 g/mol. The number of carbonyl (C=O) groups excluding carboxylic acids is 1. The number of ketones is 1. The SMILES string of the molecule is CCC(CN)(C(=O)O)C(=O)c1ccccc1. The Hall–Kier alpha value is -1.68. The van der Waals surface area contributed by atoms with E-state index in [4.69, 9.17) is 10.8 Å². The molecule has 1 unspecified atom stereocenters. The van der Waals surface area contributed by atoms with Gasteiger partial charge in [0.25, 0.3) is 0 Å². The molecule has 0 spiro atoms. The number of rotatable bonds is 5. The van der Waals surface area contributed by atoms with Crippen LogP contribution in [0.2, 0.25) is 0 Å². The second-order valence-corrected chi connectivity index (χ2v) is 3.64. The highest BCUT2D eigenvalue weighted by atomic mass is 16.4. The van der Waals surface area contributed by atoms with Crippen molar-refractivity contribution in [3.8, 4) is 0 Å². The van der Waals surface area contributed by atoms with Crippen molar-refractivity contribution in [1.29, 1.82) is 0 Å². The number of carboxylic acids is 1. The van der Waals surface area contributed by atoms with Crippen molar-refractivity contribution in [2.24, 2.45) is 11.1 Å². The van der Waals surface area contributed by atoms with E-state index in [-0.39, 0.29) is 13.0 Å². The predicted octanol–water partition coefficient (Wildman–Crippen LogP) is 1.31. The lowest BCUT2D eigenvalue weighted by atomic mass is 9.78.